The van der Waals surface area contributed by atoms with E-state index in [-0.39, 0.29) is 10.3 Å². The molecule has 2 aromatic heterocycles. The van der Waals surface area contributed by atoms with Crippen molar-refractivity contribution in [3.63, 3.8) is 0 Å². The highest BCUT2D eigenvalue weighted by Crippen LogP contribution is 2.29. The Kier molecular flexibility index (Phi) is 2.76. The second kappa shape index (κ2) is 3.88. The molecule has 2 aromatic rings. The Hall–Kier alpha value is -0.580. The molecule has 3 nitrogen and oxygen atoms in total. The van der Waals surface area contributed by atoms with Crippen molar-refractivity contribution >= 4 is 39.1 Å². The van der Waals surface area contributed by atoms with Gasteiger partial charge in [-0.15, -0.1) is 0 Å². The van der Waals surface area contributed by atoms with Gasteiger partial charge >= 0.3 is 0 Å². The molecular weight excluding hydrogens is 291 g/mol. The van der Waals surface area contributed by atoms with Crippen molar-refractivity contribution in [3.8, 4) is 11.6 Å². The van der Waals surface area contributed by atoms with Crippen LogP contribution >= 0.6 is 39.1 Å². The average Bonchev–Trinajstić information content (AvgIpc) is 2.66. The number of nitrogens with zero attached hydrogens (tertiary/aromatic N) is 2. The minimum absolute atomic E-state index is 0.261. The maximum Gasteiger partial charge on any atom is 0.198 e. The lowest BCUT2D eigenvalue weighted by Crippen LogP contribution is -1.90. The monoisotopic (exact) mass is 292 g/mol. The molecular formula is C8H3BrCl2N2O. The Morgan fingerprint density at radius 3 is 2.36 bits per heavy atom. The van der Waals surface area contributed by atoms with Gasteiger partial charge < -0.3 is 4.42 Å². The fourth-order valence-electron chi connectivity index (χ4n) is 0.910. The molecule has 0 aliphatic carbocycles. The van der Waals surface area contributed by atoms with Crippen molar-refractivity contribution < 1.29 is 4.42 Å². The van der Waals surface area contributed by atoms with Crippen LogP contribution in [0.4, 0.5) is 0 Å². The molecule has 14 heavy (non-hydrogen) atoms. The maximum absolute atomic E-state index is 5.81. The second-order valence-electron chi connectivity index (χ2n) is 2.42. The van der Waals surface area contributed by atoms with E-state index in [0.29, 0.717) is 16.1 Å². The Bertz CT molecular complexity index is 435. The molecule has 2 heterocycles. The minimum atomic E-state index is 0.261. The maximum atomic E-state index is 5.81. The van der Waals surface area contributed by atoms with Gasteiger partial charge in [-0.3, -0.25) is 0 Å². The fourth-order valence-corrected chi connectivity index (χ4v) is 1.48. The number of rotatable bonds is 1. The SMILES string of the molecule is Clc1nc(-c2ccco2)nc(Cl)c1Br. The highest BCUT2D eigenvalue weighted by molar-refractivity contribution is 9.10. The highest BCUT2D eigenvalue weighted by atomic mass is 79.9. The summed E-state index contributed by atoms with van der Waals surface area (Å²) in [6.07, 6.45) is 1.53. The van der Waals surface area contributed by atoms with Crippen LogP contribution in [0, 0.1) is 0 Å². The lowest BCUT2D eigenvalue weighted by molar-refractivity contribution is 0.577. The van der Waals surface area contributed by atoms with E-state index >= 15 is 0 Å². The van der Waals surface area contributed by atoms with E-state index < -0.39 is 0 Å². The molecule has 0 saturated carbocycles. The Morgan fingerprint density at radius 1 is 1.21 bits per heavy atom. The van der Waals surface area contributed by atoms with Gasteiger partial charge in [-0.2, -0.15) is 0 Å². The third kappa shape index (κ3) is 1.78. The number of halogens is 3. The van der Waals surface area contributed by atoms with Crippen LogP contribution in [0.3, 0.4) is 0 Å². The van der Waals surface area contributed by atoms with Gasteiger partial charge in [-0.1, -0.05) is 23.2 Å². The average molecular weight is 294 g/mol. The van der Waals surface area contributed by atoms with Crippen LogP contribution in [-0.2, 0) is 0 Å². The summed E-state index contributed by atoms with van der Waals surface area (Å²) in [5, 5.41) is 0.521. The number of furan rings is 1. The van der Waals surface area contributed by atoms with Gasteiger partial charge in [0.1, 0.15) is 10.3 Å². The molecule has 0 aromatic carbocycles. The van der Waals surface area contributed by atoms with Crippen molar-refractivity contribution in [2.75, 3.05) is 0 Å². The summed E-state index contributed by atoms with van der Waals surface area (Å²) in [7, 11) is 0. The third-order valence-electron chi connectivity index (χ3n) is 1.51. The van der Waals surface area contributed by atoms with E-state index in [0.717, 1.165) is 0 Å². The zero-order valence-corrected chi connectivity index (χ0v) is 9.77. The van der Waals surface area contributed by atoms with Crippen molar-refractivity contribution in [1.29, 1.82) is 0 Å². The van der Waals surface area contributed by atoms with Gasteiger partial charge in [-0.25, -0.2) is 9.97 Å². The molecule has 0 bridgehead atoms. The Balaban J connectivity index is 2.57. The molecule has 0 fully saturated rings. The second-order valence-corrected chi connectivity index (χ2v) is 3.93. The van der Waals surface area contributed by atoms with Crippen LogP contribution in [0.15, 0.2) is 27.3 Å². The minimum Gasteiger partial charge on any atom is -0.461 e. The summed E-state index contributed by atoms with van der Waals surface area (Å²) in [5.74, 6) is 0.898. The first-order valence-corrected chi connectivity index (χ1v) is 5.16. The first-order valence-electron chi connectivity index (χ1n) is 3.61. The van der Waals surface area contributed by atoms with Gasteiger partial charge in [0.15, 0.2) is 11.6 Å². The van der Waals surface area contributed by atoms with Crippen molar-refractivity contribution in [1.82, 2.24) is 9.97 Å². The standard InChI is InChI=1S/C8H3BrCl2N2O/c9-5-6(10)12-8(13-7(5)11)4-2-1-3-14-4/h1-3H. The predicted molar refractivity (Wildman–Crippen MR) is 57.5 cm³/mol. The first kappa shape index (κ1) is 9.96. The fraction of sp³-hybridized carbons (Fsp3) is 0. The first-order chi connectivity index (χ1) is 6.68. The highest BCUT2D eigenvalue weighted by Gasteiger charge is 2.11. The summed E-state index contributed by atoms with van der Waals surface area (Å²) in [6.45, 7) is 0. The van der Waals surface area contributed by atoms with E-state index in [2.05, 4.69) is 25.9 Å². The van der Waals surface area contributed by atoms with Gasteiger partial charge in [0, 0.05) is 0 Å². The molecule has 0 atom stereocenters. The lowest BCUT2D eigenvalue weighted by Gasteiger charge is -2.00. The third-order valence-corrected chi connectivity index (χ3v) is 3.27. The molecule has 0 saturated heterocycles. The van der Waals surface area contributed by atoms with Gasteiger partial charge in [0.2, 0.25) is 0 Å². The van der Waals surface area contributed by atoms with Crippen LogP contribution in [0.2, 0.25) is 10.3 Å². The zero-order chi connectivity index (χ0) is 10.1. The molecule has 0 radical (unpaired) electrons. The topological polar surface area (TPSA) is 38.9 Å². The van der Waals surface area contributed by atoms with Gasteiger partial charge in [0.25, 0.3) is 0 Å². The van der Waals surface area contributed by atoms with E-state index in [4.69, 9.17) is 27.6 Å². The van der Waals surface area contributed by atoms with Gasteiger partial charge in [0.05, 0.1) is 10.7 Å². The molecule has 0 aliphatic heterocycles. The molecule has 72 valence electrons. The van der Waals surface area contributed by atoms with Crippen LogP contribution in [-0.4, -0.2) is 9.97 Å². The Labute approximate surface area is 98.2 Å². The molecule has 0 aliphatic rings. The number of aromatic nitrogens is 2. The summed E-state index contributed by atoms with van der Waals surface area (Å²) in [4.78, 5) is 8.01. The quantitative estimate of drug-likeness (QED) is 0.751. The smallest absolute Gasteiger partial charge is 0.198 e. The number of hydrogen-bond acceptors (Lipinski definition) is 3. The summed E-state index contributed by atoms with van der Waals surface area (Å²) < 4.78 is 5.59. The van der Waals surface area contributed by atoms with E-state index in [1.54, 1.807) is 12.1 Å². The summed E-state index contributed by atoms with van der Waals surface area (Å²) in [6, 6.07) is 3.47. The van der Waals surface area contributed by atoms with Crippen molar-refractivity contribution in [3.05, 3.63) is 33.2 Å². The summed E-state index contributed by atoms with van der Waals surface area (Å²) >= 11 is 14.8. The van der Waals surface area contributed by atoms with E-state index in [9.17, 15) is 0 Å². The molecule has 0 unspecified atom stereocenters. The Morgan fingerprint density at radius 2 is 1.86 bits per heavy atom. The van der Waals surface area contributed by atoms with Crippen molar-refractivity contribution in [2.24, 2.45) is 0 Å². The molecule has 0 amide bonds. The van der Waals surface area contributed by atoms with Crippen LogP contribution in [0.5, 0.6) is 0 Å². The van der Waals surface area contributed by atoms with E-state index in [1.807, 2.05) is 0 Å². The lowest BCUT2D eigenvalue weighted by atomic mass is 10.4. The number of hydrogen-bond donors (Lipinski definition) is 0. The largest absolute Gasteiger partial charge is 0.461 e. The van der Waals surface area contributed by atoms with Crippen LogP contribution in [0.1, 0.15) is 0 Å². The molecule has 0 spiro atoms. The molecule has 0 N–H and O–H groups in total. The summed E-state index contributed by atoms with van der Waals surface area (Å²) in [5.41, 5.74) is 0. The van der Waals surface area contributed by atoms with Gasteiger partial charge in [-0.05, 0) is 28.1 Å². The van der Waals surface area contributed by atoms with Crippen molar-refractivity contribution in [2.45, 2.75) is 0 Å². The molecule has 2 rings (SSSR count). The predicted octanol–water partition coefficient (Wildman–Crippen LogP) is 3.81. The van der Waals surface area contributed by atoms with E-state index in [1.165, 1.54) is 6.26 Å². The van der Waals surface area contributed by atoms with Crippen LogP contribution < -0.4 is 0 Å². The zero-order valence-electron chi connectivity index (χ0n) is 6.67. The molecule has 6 heteroatoms. The normalized spacial score (nSPS) is 10.5. The van der Waals surface area contributed by atoms with Crippen LogP contribution in [0.25, 0.3) is 11.6 Å².